The van der Waals surface area contributed by atoms with Crippen LogP contribution in [0.5, 0.6) is 5.75 Å². The van der Waals surface area contributed by atoms with Crippen LogP contribution in [0.3, 0.4) is 0 Å². The van der Waals surface area contributed by atoms with Crippen LogP contribution in [0.4, 0.5) is 5.69 Å². The van der Waals surface area contributed by atoms with Crippen LogP contribution < -0.4 is 9.64 Å². The standard InChI is InChI=1S/C9H9NO/c1-2-4-9-8(3-1)10-5-7(10)6-11-9/h1-4,7H,5-6H2. The Balaban J connectivity index is 2.14. The molecule has 1 aromatic rings. The molecule has 0 radical (unpaired) electrons. The van der Waals surface area contributed by atoms with Gasteiger partial charge in [-0.05, 0) is 12.1 Å². The molecular weight excluding hydrogens is 138 g/mol. The van der Waals surface area contributed by atoms with Crippen LogP contribution in [-0.2, 0) is 0 Å². The van der Waals surface area contributed by atoms with E-state index in [1.54, 1.807) is 0 Å². The molecule has 1 atom stereocenters. The van der Waals surface area contributed by atoms with Crippen molar-refractivity contribution in [3.05, 3.63) is 24.3 Å². The topological polar surface area (TPSA) is 12.2 Å². The Morgan fingerprint density at radius 1 is 1.36 bits per heavy atom. The van der Waals surface area contributed by atoms with E-state index in [-0.39, 0.29) is 0 Å². The van der Waals surface area contributed by atoms with Gasteiger partial charge >= 0.3 is 0 Å². The molecule has 2 nitrogen and oxygen atoms in total. The molecular formula is C9H9NO. The van der Waals surface area contributed by atoms with Gasteiger partial charge in [-0.15, -0.1) is 0 Å². The number of ether oxygens (including phenoxy) is 1. The third-order valence-corrected chi connectivity index (χ3v) is 2.32. The van der Waals surface area contributed by atoms with Gasteiger partial charge in [-0.2, -0.15) is 0 Å². The molecule has 3 rings (SSSR count). The molecule has 0 N–H and O–H groups in total. The zero-order valence-corrected chi connectivity index (χ0v) is 6.16. The van der Waals surface area contributed by atoms with E-state index in [1.165, 1.54) is 12.2 Å². The first-order valence-corrected chi connectivity index (χ1v) is 3.93. The maximum absolute atomic E-state index is 5.54. The van der Waals surface area contributed by atoms with Crippen LogP contribution in [0.15, 0.2) is 24.3 Å². The van der Waals surface area contributed by atoms with E-state index in [2.05, 4.69) is 17.0 Å². The van der Waals surface area contributed by atoms with Crippen molar-refractivity contribution in [2.24, 2.45) is 0 Å². The second-order valence-corrected chi connectivity index (χ2v) is 3.08. The Kier molecular flexibility index (Phi) is 0.844. The van der Waals surface area contributed by atoms with Gasteiger partial charge in [-0.25, -0.2) is 0 Å². The lowest BCUT2D eigenvalue weighted by Crippen LogP contribution is -2.16. The molecule has 2 aliphatic rings. The van der Waals surface area contributed by atoms with Crippen LogP contribution in [0.1, 0.15) is 0 Å². The summed E-state index contributed by atoms with van der Waals surface area (Å²) in [6.45, 7) is 2.05. The van der Waals surface area contributed by atoms with Crippen molar-refractivity contribution in [1.82, 2.24) is 0 Å². The van der Waals surface area contributed by atoms with Gasteiger partial charge in [0.1, 0.15) is 12.4 Å². The summed E-state index contributed by atoms with van der Waals surface area (Å²) in [6.07, 6.45) is 0. The van der Waals surface area contributed by atoms with Gasteiger partial charge in [0, 0.05) is 6.54 Å². The first kappa shape index (κ1) is 5.47. The van der Waals surface area contributed by atoms with E-state index in [9.17, 15) is 0 Å². The minimum absolute atomic E-state index is 0.671. The van der Waals surface area contributed by atoms with Gasteiger partial charge in [0.2, 0.25) is 0 Å². The highest BCUT2D eigenvalue weighted by Crippen LogP contribution is 2.39. The molecule has 0 amide bonds. The first-order chi connectivity index (χ1) is 5.45. The molecule has 0 spiro atoms. The molecule has 11 heavy (non-hydrogen) atoms. The number of para-hydroxylation sites is 2. The predicted molar refractivity (Wildman–Crippen MR) is 43.1 cm³/mol. The second kappa shape index (κ2) is 1.70. The van der Waals surface area contributed by atoms with Crippen molar-refractivity contribution >= 4 is 5.69 Å². The first-order valence-electron chi connectivity index (χ1n) is 3.93. The molecule has 2 heterocycles. The summed E-state index contributed by atoms with van der Waals surface area (Å²) in [7, 11) is 0. The van der Waals surface area contributed by atoms with Crippen molar-refractivity contribution < 1.29 is 4.74 Å². The van der Waals surface area contributed by atoms with E-state index >= 15 is 0 Å². The molecule has 0 aromatic heterocycles. The summed E-state index contributed by atoms with van der Waals surface area (Å²) in [4.78, 5) is 2.37. The van der Waals surface area contributed by atoms with Crippen LogP contribution in [0.2, 0.25) is 0 Å². The smallest absolute Gasteiger partial charge is 0.142 e. The molecule has 1 unspecified atom stereocenters. The lowest BCUT2D eigenvalue weighted by Gasteiger charge is -2.17. The van der Waals surface area contributed by atoms with Crippen molar-refractivity contribution in [3.8, 4) is 5.75 Å². The third kappa shape index (κ3) is 0.666. The highest BCUT2D eigenvalue weighted by Gasteiger charge is 2.39. The van der Waals surface area contributed by atoms with Crippen molar-refractivity contribution in [2.45, 2.75) is 6.04 Å². The maximum atomic E-state index is 5.54. The minimum Gasteiger partial charge on any atom is -0.489 e. The molecule has 1 saturated heterocycles. The van der Waals surface area contributed by atoms with Gasteiger partial charge in [-0.3, -0.25) is 0 Å². The number of rotatable bonds is 0. The average molecular weight is 147 g/mol. The molecule has 56 valence electrons. The third-order valence-electron chi connectivity index (χ3n) is 2.32. The van der Waals surface area contributed by atoms with Crippen molar-refractivity contribution in [3.63, 3.8) is 0 Å². The highest BCUT2D eigenvalue weighted by atomic mass is 16.5. The van der Waals surface area contributed by atoms with Gasteiger partial charge in [-0.1, -0.05) is 12.1 Å². The molecule has 2 aliphatic heterocycles. The zero-order chi connectivity index (χ0) is 7.26. The number of benzene rings is 1. The fourth-order valence-corrected chi connectivity index (χ4v) is 1.62. The molecule has 1 fully saturated rings. The van der Waals surface area contributed by atoms with Crippen LogP contribution in [0.25, 0.3) is 0 Å². The quantitative estimate of drug-likeness (QED) is 0.512. The fourth-order valence-electron chi connectivity index (χ4n) is 1.62. The molecule has 0 aliphatic carbocycles. The minimum atomic E-state index is 0.671. The number of nitrogens with zero attached hydrogens (tertiary/aromatic N) is 1. The van der Waals surface area contributed by atoms with E-state index < -0.39 is 0 Å². The Labute approximate surface area is 65.4 Å². The summed E-state index contributed by atoms with van der Waals surface area (Å²) >= 11 is 0. The lowest BCUT2D eigenvalue weighted by molar-refractivity contribution is 0.314. The summed E-state index contributed by atoms with van der Waals surface area (Å²) in [6, 6.07) is 8.90. The van der Waals surface area contributed by atoms with Crippen LogP contribution >= 0.6 is 0 Å². The van der Waals surface area contributed by atoms with E-state index in [0.717, 1.165) is 12.4 Å². The zero-order valence-electron chi connectivity index (χ0n) is 6.16. The van der Waals surface area contributed by atoms with Gasteiger partial charge < -0.3 is 9.64 Å². The lowest BCUT2D eigenvalue weighted by atomic mass is 10.3. The van der Waals surface area contributed by atoms with Crippen molar-refractivity contribution in [2.75, 3.05) is 18.1 Å². The number of anilines is 1. The number of hydrogen-bond acceptors (Lipinski definition) is 2. The Morgan fingerprint density at radius 3 is 3.27 bits per heavy atom. The fraction of sp³-hybridized carbons (Fsp3) is 0.333. The van der Waals surface area contributed by atoms with E-state index in [1.807, 2.05) is 12.1 Å². The van der Waals surface area contributed by atoms with Crippen LogP contribution in [0, 0.1) is 0 Å². The normalized spacial score (nSPS) is 25.1. The predicted octanol–water partition coefficient (Wildman–Crippen LogP) is 1.27. The Bertz CT molecular complexity index is 297. The second-order valence-electron chi connectivity index (χ2n) is 3.08. The molecule has 0 bridgehead atoms. The van der Waals surface area contributed by atoms with Gasteiger partial charge in [0.25, 0.3) is 0 Å². The largest absolute Gasteiger partial charge is 0.489 e. The summed E-state index contributed by atoms with van der Waals surface area (Å²) in [5.41, 5.74) is 1.27. The molecule has 1 aromatic carbocycles. The Hall–Kier alpha value is -1.18. The van der Waals surface area contributed by atoms with Crippen molar-refractivity contribution in [1.29, 1.82) is 0 Å². The SMILES string of the molecule is c1ccc2c(c1)OCC1CN21. The number of fused-ring (bicyclic) bond motifs is 3. The molecule has 2 heteroatoms. The van der Waals surface area contributed by atoms with E-state index in [0.29, 0.717) is 6.04 Å². The summed E-state index contributed by atoms with van der Waals surface area (Å²) in [5.74, 6) is 1.04. The van der Waals surface area contributed by atoms with Gasteiger partial charge in [0.05, 0.1) is 11.7 Å². The monoisotopic (exact) mass is 147 g/mol. The number of hydrogen-bond donors (Lipinski definition) is 0. The molecule has 0 saturated carbocycles. The Morgan fingerprint density at radius 2 is 2.27 bits per heavy atom. The summed E-state index contributed by atoms with van der Waals surface area (Å²) < 4.78 is 5.54. The van der Waals surface area contributed by atoms with Gasteiger partial charge in [0.15, 0.2) is 0 Å². The highest BCUT2D eigenvalue weighted by molar-refractivity contribution is 5.65. The van der Waals surface area contributed by atoms with Crippen LogP contribution in [-0.4, -0.2) is 19.2 Å². The van der Waals surface area contributed by atoms with E-state index in [4.69, 9.17) is 4.74 Å². The summed E-state index contributed by atoms with van der Waals surface area (Å²) in [5, 5.41) is 0. The maximum Gasteiger partial charge on any atom is 0.142 e. The average Bonchev–Trinajstić information content (AvgIpc) is 2.83.